The van der Waals surface area contributed by atoms with Gasteiger partial charge in [-0.3, -0.25) is 19.8 Å². The van der Waals surface area contributed by atoms with Gasteiger partial charge >= 0.3 is 0 Å². The van der Waals surface area contributed by atoms with Crippen LogP contribution in [0.3, 0.4) is 0 Å². The molecule has 0 aliphatic heterocycles. The third kappa shape index (κ3) is 3.69. The molecule has 1 saturated carbocycles. The second-order valence-corrected chi connectivity index (χ2v) is 5.11. The number of nitrogens with zero attached hydrogens (tertiary/aromatic N) is 2. The SMILES string of the molecule is CCN(CCNC(=O)c1cccc([N+](=O)[O-])c1N)C1CC1. The Kier molecular flexibility index (Phi) is 4.74. The Bertz CT molecular complexity index is 543. The Hall–Kier alpha value is -2.15. The van der Waals surface area contributed by atoms with E-state index in [0.717, 1.165) is 13.1 Å². The highest BCUT2D eigenvalue weighted by atomic mass is 16.6. The Morgan fingerprint density at radius 3 is 2.81 bits per heavy atom. The summed E-state index contributed by atoms with van der Waals surface area (Å²) in [5.41, 5.74) is 5.51. The number of likely N-dealkylation sites (N-methyl/N-ethyl adjacent to an activating group) is 1. The summed E-state index contributed by atoms with van der Waals surface area (Å²) >= 11 is 0. The molecule has 0 atom stereocenters. The maximum absolute atomic E-state index is 12.1. The molecular formula is C14H20N4O3. The third-order valence-corrected chi connectivity index (χ3v) is 3.68. The number of rotatable bonds is 7. The molecule has 0 heterocycles. The van der Waals surface area contributed by atoms with Crippen molar-refractivity contribution in [3.05, 3.63) is 33.9 Å². The lowest BCUT2D eigenvalue weighted by atomic mass is 10.1. The van der Waals surface area contributed by atoms with Crippen molar-refractivity contribution in [2.45, 2.75) is 25.8 Å². The molecular weight excluding hydrogens is 272 g/mol. The average Bonchev–Trinajstić information content (AvgIpc) is 3.27. The van der Waals surface area contributed by atoms with Crippen molar-refractivity contribution in [1.82, 2.24) is 10.2 Å². The summed E-state index contributed by atoms with van der Waals surface area (Å²) in [6.45, 7) is 4.34. The zero-order valence-electron chi connectivity index (χ0n) is 12.0. The van der Waals surface area contributed by atoms with Gasteiger partial charge in [0.15, 0.2) is 0 Å². The Morgan fingerprint density at radius 1 is 1.52 bits per heavy atom. The number of para-hydroxylation sites is 1. The third-order valence-electron chi connectivity index (χ3n) is 3.68. The van der Waals surface area contributed by atoms with Crippen molar-refractivity contribution in [3.63, 3.8) is 0 Å². The Labute approximate surface area is 123 Å². The minimum atomic E-state index is -0.585. The molecule has 7 nitrogen and oxygen atoms in total. The second kappa shape index (κ2) is 6.53. The molecule has 1 aliphatic rings. The van der Waals surface area contributed by atoms with Crippen LogP contribution < -0.4 is 11.1 Å². The fourth-order valence-corrected chi connectivity index (χ4v) is 2.36. The molecule has 0 unspecified atom stereocenters. The zero-order chi connectivity index (χ0) is 15.4. The van der Waals surface area contributed by atoms with Gasteiger partial charge in [0, 0.05) is 25.2 Å². The number of nitrogen functional groups attached to an aromatic ring is 1. The van der Waals surface area contributed by atoms with Gasteiger partial charge in [-0.25, -0.2) is 0 Å². The highest BCUT2D eigenvalue weighted by Crippen LogP contribution is 2.26. The maximum Gasteiger partial charge on any atom is 0.292 e. The van der Waals surface area contributed by atoms with E-state index in [4.69, 9.17) is 5.73 Å². The largest absolute Gasteiger partial charge is 0.393 e. The lowest BCUT2D eigenvalue weighted by Gasteiger charge is -2.19. The molecule has 3 N–H and O–H groups in total. The number of nitrogens with two attached hydrogens (primary N) is 1. The van der Waals surface area contributed by atoms with Crippen LogP contribution in [0.25, 0.3) is 0 Å². The Balaban J connectivity index is 1.94. The first-order valence-electron chi connectivity index (χ1n) is 7.09. The van der Waals surface area contributed by atoms with Crippen LogP contribution in [0, 0.1) is 10.1 Å². The number of nitro benzene ring substituents is 1. The lowest BCUT2D eigenvalue weighted by Crippen LogP contribution is -2.36. The summed E-state index contributed by atoms with van der Waals surface area (Å²) in [7, 11) is 0. The van der Waals surface area contributed by atoms with Crippen molar-refractivity contribution in [2.75, 3.05) is 25.4 Å². The number of carbonyl (C=O) groups is 1. The van der Waals surface area contributed by atoms with Gasteiger partial charge in [0.1, 0.15) is 5.69 Å². The number of anilines is 1. The molecule has 0 saturated heterocycles. The predicted molar refractivity (Wildman–Crippen MR) is 80.1 cm³/mol. The minimum Gasteiger partial charge on any atom is -0.393 e. The molecule has 7 heteroatoms. The van der Waals surface area contributed by atoms with Gasteiger partial charge in [-0.05, 0) is 25.5 Å². The average molecular weight is 292 g/mol. The molecule has 0 radical (unpaired) electrons. The van der Waals surface area contributed by atoms with Gasteiger partial charge in [-0.2, -0.15) is 0 Å². The van der Waals surface area contributed by atoms with Gasteiger partial charge in [0.2, 0.25) is 0 Å². The highest BCUT2D eigenvalue weighted by Gasteiger charge is 2.27. The summed E-state index contributed by atoms with van der Waals surface area (Å²) in [6.07, 6.45) is 2.44. The molecule has 1 fully saturated rings. The second-order valence-electron chi connectivity index (χ2n) is 5.11. The first-order chi connectivity index (χ1) is 10.0. The number of amides is 1. The lowest BCUT2D eigenvalue weighted by molar-refractivity contribution is -0.383. The molecule has 114 valence electrons. The van der Waals surface area contributed by atoms with Crippen molar-refractivity contribution >= 4 is 17.3 Å². The van der Waals surface area contributed by atoms with Gasteiger partial charge in [-0.15, -0.1) is 0 Å². The smallest absolute Gasteiger partial charge is 0.292 e. The molecule has 1 aliphatic carbocycles. The van der Waals surface area contributed by atoms with Crippen molar-refractivity contribution < 1.29 is 9.72 Å². The molecule has 21 heavy (non-hydrogen) atoms. The topological polar surface area (TPSA) is 102 Å². The van der Waals surface area contributed by atoms with Crippen LogP contribution in [0.15, 0.2) is 18.2 Å². The van der Waals surface area contributed by atoms with Gasteiger partial charge < -0.3 is 11.1 Å². The van der Waals surface area contributed by atoms with Crippen molar-refractivity contribution in [3.8, 4) is 0 Å². The van der Waals surface area contributed by atoms with E-state index in [1.54, 1.807) is 0 Å². The van der Waals surface area contributed by atoms with E-state index in [0.29, 0.717) is 12.6 Å². The maximum atomic E-state index is 12.1. The standard InChI is InChI=1S/C14H20N4O3/c1-2-17(10-6-7-10)9-8-16-14(19)11-4-3-5-12(13(11)15)18(20)21/h3-5,10H,2,6-9,15H2,1H3,(H,16,19). The van der Waals surface area contributed by atoms with Crippen LogP contribution in [0.4, 0.5) is 11.4 Å². The molecule has 1 aromatic carbocycles. The first kappa shape index (κ1) is 15.2. The van der Waals surface area contributed by atoms with E-state index in [1.807, 2.05) is 0 Å². The normalized spacial score (nSPS) is 14.2. The van der Waals surface area contributed by atoms with E-state index in [2.05, 4.69) is 17.1 Å². The van der Waals surface area contributed by atoms with Crippen LogP contribution in [0.2, 0.25) is 0 Å². The first-order valence-corrected chi connectivity index (χ1v) is 7.09. The number of hydrogen-bond acceptors (Lipinski definition) is 5. The van der Waals surface area contributed by atoms with Gasteiger partial charge in [0.05, 0.1) is 10.5 Å². The van der Waals surface area contributed by atoms with Crippen LogP contribution in [0.5, 0.6) is 0 Å². The summed E-state index contributed by atoms with van der Waals surface area (Å²) in [6, 6.07) is 4.90. The minimum absolute atomic E-state index is 0.0884. The summed E-state index contributed by atoms with van der Waals surface area (Å²) < 4.78 is 0. The summed E-state index contributed by atoms with van der Waals surface area (Å²) in [4.78, 5) is 24.6. The number of nitro groups is 1. The number of nitrogens with one attached hydrogen (secondary N) is 1. The quantitative estimate of drug-likeness (QED) is 0.449. The highest BCUT2D eigenvalue weighted by molar-refractivity contribution is 6.00. The van der Waals surface area contributed by atoms with Gasteiger partial charge in [0.25, 0.3) is 11.6 Å². The van der Waals surface area contributed by atoms with E-state index in [1.165, 1.54) is 31.0 Å². The zero-order valence-corrected chi connectivity index (χ0v) is 12.0. The monoisotopic (exact) mass is 292 g/mol. The van der Waals surface area contributed by atoms with Crippen LogP contribution in [0.1, 0.15) is 30.1 Å². The molecule has 1 aromatic rings. The number of hydrogen-bond donors (Lipinski definition) is 2. The number of benzene rings is 1. The van der Waals surface area contributed by atoms with E-state index in [9.17, 15) is 14.9 Å². The molecule has 0 aromatic heterocycles. The molecule has 1 amide bonds. The predicted octanol–water partition coefficient (Wildman–Crippen LogP) is 1.39. The Morgan fingerprint density at radius 2 is 2.24 bits per heavy atom. The summed E-state index contributed by atoms with van der Waals surface area (Å²) in [5.74, 6) is -0.372. The molecule has 0 spiro atoms. The van der Waals surface area contributed by atoms with Crippen LogP contribution in [-0.4, -0.2) is 41.4 Å². The summed E-state index contributed by atoms with van der Waals surface area (Å²) in [5, 5.41) is 13.6. The van der Waals surface area contributed by atoms with Crippen LogP contribution >= 0.6 is 0 Å². The van der Waals surface area contributed by atoms with Crippen molar-refractivity contribution in [1.29, 1.82) is 0 Å². The van der Waals surface area contributed by atoms with Gasteiger partial charge in [-0.1, -0.05) is 13.0 Å². The molecule has 2 rings (SSSR count). The fourth-order valence-electron chi connectivity index (χ4n) is 2.36. The van der Waals surface area contributed by atoms with E-state index < -0.39 is 4.92 Å². The van der Waals surface area contributed by atoms with E-state index >= 15 is 0 Å². The molecule has 0 bridgehead atoms. The number of carbonyl (C=O) groups excluding carboxylic acids is 1. The van der Waals surface area contributed by atoms with E-state index in [-0.39, 0.29) is 22.8 Å². The fraction of sp³-hybridized carbons (Fsp3) is 0.500. The van der Waals surface area contributed by atoms with Crippen molar-refractivity contribution in [2.24, 2.45) is 0 Å². The van der Waals surface area contributed by atoms with Crippen LogP contribution in [-0.2, 0) is 0 Å².